The molecule has 0 N–H and O–H groups in total. The van der Waals surface area contributed by atoms with Gasteiger partial charge in [-0.1, -0.05) is 6.07 Å². The summed E-state index contributed by atoms with van der Waals surface area (Å²) in [6.07, 6.45) is 8.64. The number of imidazole rings is 1. The molecule has 0 radical (unpaired) electrons. The second kappa shape index (κ2) is 7.76. The van der Waals surface area contributed by atoms with Gasteiger partial charge in [-0.05, 0) is 25.5 Å². The summed E-state index contributed by atoms with van der Waals surface area (Å²) < 4.78 is 4.11. The normalized spacial score (nSPS) is 20.8. The standard InChI is InChI=1S/C21H26N6OS/c1-24(7-8-25-6-4-22-15-25)13-17-2-3-19-18-10-16(12-27(19)20(17)28)11-26(14-18)21-23-5-9-29-21/h2-6,9,15-16,18H,7-8,10-14H2,1H3/t16-,18+/m0/s1. The molecular formula is C21H26N6OS. The molecule has 8 heteroatoms. The van der Waals surface area contributed by atoms with E-state index in [-0.39, 0.29) is 5.56 Å². The molecule has 1 saturated heterocycles. The zero-order chi connectivity index (χ0) is 19.8. The van der Waals surface area contributed by atoms with E-state index in [9.17, 15) is 4.79 Å². The van der Waals surface area contributed by atoms with E-state index >= 15 is 0 Å². The summed E-state index contributed by atoms with van der Waals surface area (Å²) in [4.78, 5) is 26.4. The van der Waals surface area contributed by atoms with Gasteiger partial charge >= 0.3 is 0 Å². The Balaban J connectivity index is 1.31. The van der Waals surface area contributed by atoms with E-state index in [0.717, 1.165) is 43.4 Å². The average Bonchev–Trinajstić information content (AvgIpc) is 3.43. The summed E-state index contributed by atoms with van der Waals surface area (Å²) in [5.74, 6) is 0.921. The van der Waals surface area contributed by atoms with Gasteiger partial charge in [0.25, 0.3) is 5.56 Å². The highest BCUT2D eigenvalue weighted by atomic mass is 32.1. The highest BCUT2D eigenvalue weighted by molar-refractivity contribution is 7.13. The van der Waals surface area contributed by atoms with Crippen LogP contribution in [-0.2, 0) is 19.6 Å². The summed E-state index contributed by atoms with van der Waals surface area (Å²) >= 11 is 1.70. The number of anilines is 1. The second-order valence-corrected chi connectivity index (χ2v) is 9.13. The maximum atomic E-state index is 13.2. The average molecular weight is 411 g/mol. The molecule has 2 aliphatic heterocycles. The number of piperidine rings is 1. The molecule has 5 heterocycles. The second-order valence-electron chi connectivity index (χ2n) is 8.26. The van der Waals surface area contributed by atoms with Crippen molar-refractivity contribution in [3.63, 3.8) is 0 Å². The predicted molar refractivity (Wildman–Crippen MR) is 114 cm³/mol. The molecule has 2 bridgehead atoms. The molecule has 0 aromatic carbocycles. The molecule has 5 rings (SSSR count). The number of hydrogen-bond acceptors (Lipinski definition) is 6. The fourth-order valence-electron chi connectivity index (χ4n) is 4.71. The number of fused-ring (bicyclic) bond motifs is 4. The molecule has 2 aliphatic rings. The summed E-state index contributed by atoms with van der Waals surface area (Å²) in [5.41, 5.74) is 2.27. The van der Waals surface area contributed by atoms with Crippen molar-refractivity contribution in [2.24, 2.45) is 5.92 Å². The number of hydrogen-bond donors (Lipinski definition) is 0. The van der Waals surface area contributed by atoms with Gasteiger partial charge < -0.3 is 18.9 Å². The maximum Gasteiger partial charge on any atom is 0.255 e. The van der Waals surface area contributed by atoms with Crippen molar-refractivity contribution in [3.8, 4) is 0 Å². The first-order valence-electron chi connectivity index (χ1n) is 10.2. The Morgan fingerprint density at radius 2 is 2.17 bits per heavy atom. The van der Waals surface area contributed by atoms with Crippen LogP contribution in [0.1, 0.15) is 23.6 Å². The van der Waals surface area contributed by atoms with Crippen LogP contribution >= 0.6 is 11.3 Å². The lowest BCUT2D eigenvalue weighted by Crippen LogP contribution is -2.47. The van der Waals surface area contributed by atoms with Gasteiger partial charge in [0.2, 0.25) is 0 Å². The van der Waals surface area contributed by atoms with Crippen LogP contribution in [0, 0.1) is 5.92 Å². The Morgan fingerprint density at radius 3 is 2.97 bits per heavy atom. The first-order chi connectivity index (χ1) is 14.2. The van der Waals surface area contributed by atoms with Gasteiger partial charge in [-0.2, -0.15) is 0 Å². The Bertz CT molecular complexity index is 1010. The molecule has 1 fully saturated rings. The van der Waals surface area contributed by atoms with E-state index in [1.165, 1.54) is 12.1 Å². The molecule has 0 unspecified atom stereocenters. The molecule has 3 aromatic rings. The summed E-state index contributed by atoms with van der Waals surface area (Å²) in [6, 6.07) is 4.23. The van der Waals surface area contributed by atoms with E-state index in [4.69, 9.17) is 0 Å². The maximum absolute atomic E-state index is 13.2. The van der Waals surface area contributed by atoms with Crippen molar-refractivity contribution < 1.29 is 0 Å². The largest absolute Gasteiger partial charge is 0.347 e. The van der Waals surface area contributed by atoms with Gasteiger partial charge in [0, 0.05) is 80.4 Å². The van der Waals surface area contributed by atoms with Gasteiger partial charge in [-0.25, -0.2) is 9.97 Å². The molecule has 0 spiro atoms. The molecule has 0 saturated carbocycles. The Hall–Kier alpha value is -2.45. The topological polar surface area (TPSA) is 59.2 Å². The third kappa shape index (κ3) is 3.74. The quantitative estimate of drug-likeness (QED) is 0.624. The lowest BCUT2D eigenvalue weighted by atomic mass is 9.83. The van der Waals surface area contributed by atoms with E-state index in [0.29, 0.717) is 18.4 Å². The Labute approximate surface area is 174 Å². The minimum atomic E-state index is 0.189. The van der Waals surface area contributed by atoms with Gasteiger partial charge in [-0.3, -0.25) is 4.79 Å². The van der Waals surface area contributed by atoms with Crippen LogP contribution in [0.4, 0.5) is 5.13 Å². The Morgan fingerprint density at radius 1 is 1.24 bits per heavy atom. The molecule has 3 aromatic heterocycles. The molecule has 2 atom stereocenters. The fraction of sp³-hybridized carbons (Fsp3) is 0.476. The molecule has 152 valence electrons. The van der Waals surface area contributed by atoms with E-state index in [1.807, 2.05) is 30.2 Å². The first-order valence-corrected chi connectivity index (χ1v) is 11.1. The predicted octanol–water partition coefficient (Wildman–Crippen LogP) is 2.26. The van der Waals surface area contributed by atoms with Gasteiger partial charge in [0.15, 0.2) is 5.13 Å². The monoisotopic (exact) mass is 410 g/mol. The zero-order valence-electron chi connectivity index (χ0n) is 16.6. The Kier molecular flexibility index (Phi) is 4.97. The minimum absolute atomic E-state index is 0.189. The van der Waals surface area contributed by atoms with E-state index < -0.39 is 0 Å². The van der Waals surface area contributed by atoms with Crippen LogP contribution in [0.5, 0.6) is 0 Å². The number of likely N-dealkylation sites (N-methyl/N-ethyl adjacent to an activating group) is 1. The third-order valence-electron chi connectivity index (χ3n) is 6.11. The van der Waals surface area contributed by atoms with E-state index in [2.05, 4.69) is 42.0 Å². The van der Waals surface area contributed by atoms with E-state index in [1.54, 1.807) is 17.5 Å². The van der Waals surface area contributed by atoms with Gasteiger partial charge in [0.1, 0.15) is 0 Å². The lowest BCUT2D eigenvalue weighted by Gasteiger charge is -2.42. The fourth-order valence-corrected chi connectivity index (χ4v) is 5.38. The number of nitrogens with zero attached hydrogens (tertiary/aromatic N) is 6. The number of aromatic nitrogens is 4. The minimum Gasteiger partial charge on any atom is -0.347 e. The zero-order valence-corrected chi connectivity index (χ0v) is 17.5. The highest BCUT2D eigenvalue weighted by Gasteiger charge is 2.35. The van der Waals surface area contributed by atoms with Crippen molar-refractivity contribution >= 4 is 16.5 Å². The van der Waals surface area contributed by atoms with Gasteiger partial charge in [0.05, 0.1) is 6.33 Å². The van der Waals surface area contributed by atoms with Crippen LogP contribution < -0.4 is 10.5 Å². The SMILES string of the molecule is CN(CCn1ccnc1)Cc1ccc2n(c1=O)C[C@H]1C[C@@H]2CN(c2nccs2)C1. The van der Waals surface area contributed by atoms with Crippen LogP contribution in [0.2, 0.25) is 0 Å². The molecule has 29 heavy (non-hydrogen) atoms. The highest BCUT2D eigenvalue weighted by Crippen LogP contribution is 2.37. The number of rotatable bonds is 6. The lowest BCUT2D eigenvalue weighted by molar-refractivity contribution is 0.276. The van der Waals surface area contributed by atoms with Crippen LogP contribution in [0.3, 0.4) is 0 Å². The number of pyridine rings is 1. The van der Waals surface area contributed by atoms with Crippen molar-refractivity contribution in [2.45, 2.75) is 32.0 Å². The van der Waals surface area contributed by atoms with Crippen molar-refractivity contribution in [1.82, 2.24) is 24.0 Å². The van der Waals surface area contributed by atoms with Gasteiger partial charge in [-0.15, -0.1) is 11.3 Å². The molecule has 0 amide bonds. The summed E-state index contributed by atoms with van der Waals surface area (Å²) in [5, 5.41) is 3.14. The smallest absolute Gasteiger partial charge is 0.255 e. The molecule has 0 aliphatic carbocycles. The van der Waals surface area contributed by atoms with Crippen LogP contribution in [0.25, 0.3) is 0 Å². The number of thiazole rings is 1. The molecule has 7 nitrogen and oxygen atoms in total. The summed E-state index contributed by atoms with van der Waals surface area (Å²) in [6.45, 7) is 5.19. The van der Waals surface area contributed by atoms with Crippen LogP contribution in [-0.4, -0.2) is 50.7 Å². The van der Waals surface area contributed by atoms with Crippen LogP contribution in [0.15, 0.2) is 47.2 Å². The summed E-state index contributed by atoms with van der Waals surface area (Å²) in [7, 11) is 2.07. The van der Waals surface area contributed by atoms with Crippen molar-refractivity contribution in [3.05, 3.63) is 64.0 Å². The third-order valence-corrected chi connectivity index (χ3v) is 6.94. The molecular weight excluding hydrogens is 384 g/mol. The van der Waals surface area contributed by atoms with Crippen molar-refractivity contribution in [1.29, 1.82) is 0 Å². The first kappa shape index (κ1) is 18.6. The van der Waals surface area contributed by atoms with Crippen molar-refractivity contribution in [2.75, 3.05) is 31.6 Å².